The van der Waals surface area contributed by atoms with Gasteiger partial charge in [0.15, 0.2) is 0 Å². The second-order valence-corrected chi connectivity index (χ2v) is 6.97. The minimum Gasteiger partial charge on any atom is -0.453 e. The van der Waals surface area contributed by atoms with Crippen molar-refractivity contribution in [3.63, 3.8) is 0 Å². The molecular weight excluding hydrogens is 419 g/mol. The van der Waals surface area contributed by atoms with E-state index in [0.29, 0.717) is 22.6 Å². The van der Waals surface area contributed by atoms with E-state index in [4.69, 9.17) is 0 Å². The highest BCUT2D eigenvalue weighted by molar-refractivity contribution is 5.93. The number of H-pyrrole nitrogens is 1. The van der Waals surface area contributed by atoms with Crippen LogP contribution in [0.4, 0.5) is 23.7 Å². The Balaban J connectivity index is 1.59. The van der Waals surface area contributed by atoms with Crippen LogP contribution in [-0.2, 0) is 10.9 Å². The molecule has 32 heavy (non-hydrogen) atoms. The molecule has 0 spiro atoms. The second-order valence-electron chi connectivity index (χ2n) is 6.97. The summed E-state index contributed by atoms with van der Waals surface area (Å²) in [5, 5.41) is 2.69. The number of para-hydroxylation sites is 1. The predicted octanol–water partition coefficient (Wildman–Crippen LogP) is 6.60. The number of carbonyl (C=O) groups excluding carboxylic acids is 1. The molecule has 5 nitrogen and oxygen atoms in total. The fraction of sp³-hybridized carbons (Fsp3) is 0.0833. The lowest BCUT2D eigenvalue weighted by Crippen LogP contribution is -2.11. The molecule has 0 fully saturated rings. The molecule has 1 amide bonds. The van der Waals surface area contributed by atoms with Crippen molar-refractivity contribution in [3.05, 3.63) is 83.7 Å². The van der Waals surface area contributed by atoms with Crippen molar-refractivity contribution in [2.24, 2.45) is 0 Å². The maximum atomic E-state index is 12.7. The lowest BCUT2D eigenvalue weighted by atomic mass is 10.0. The lowest BCUT2D eigenvalue weighted by molar-refractivity contribution is -0.137. The average molecular weight is 437 g/mol. The highest BCUT2D eigenvalue weighted by Gasteiger charge is 2.29. The summed E-state index contributed by atoms with van der Waals surface area (Å²) in [4.78, 5) is 19.3. The number of halogens is 3. The van der Waals surface area contributed by atoms with Gasteiger partial charge in [-0.25, -0.2) is 9.78 Å². The van der Waals surface area contributed by atoms with Gasteiger partial charge >= 0.3 is 12.3 Å². The van der Waals surface area contributed by atoms with E-state index in [1.165, 1.54) is 19.2 Å². The summed E-state index contributed by atoms with van der Waals surface area (Å²) in [5.41, 5.74) is 3.73. The summed E-state index contributed by atoms with van der Waals surface area (Å²) >= 11 is 0. The Morgan fingerprint density at radius 1 is 1.03 bits per heavy atom. The van der Waals surface area contributed by atoms with Gasteiger partial charge in [-0.2, -0.15) is 13.2 Å². The number of rotatable bonds is 4. The van der Waals surface area contributed by atoms with Gasteiger partial charge in [0.1, 0.15) is 5.82 Å². The van der Waals surface area contributed by atoms with E-state index in [2.05, 4.69) is 20.0 Å². The van der Waals surface area contributed by atoms with Crippen molar-refractivity contribution in [2.45, 2.75) is 6.18 Å². The number of benzene rings is 3. The van der Waals surface area contributed by atoms with Crippen LogP contribution in [0, 0.1) is 0 Å². The van der Waals surface area contributed by atoms with Gasteiger partial charge in [-0.3, -0.25) is 5.32 Å². The molecule has 4 rings (SSSR count). The molecule has 0 aliphatic carbocycles. The second kappa shape index (κ2) is 8.58. The number of methoxy groups -OCH3 is 1. The minimum absolute atomic E-state index is 0.561. The van der Waals surface area contributed by atoms with Gasteiger partial charge in [-0.05, 0) is 47.5 Å². The number of aromatic amines is 1. The van der Waals surface area contributed by atoms with Gasteiger partial charge < -0.3 is 9.72 Å². The molecule has 4 aromatic rings. The molecule has 0 radical (unpaired) electrons. The van der Waals surface area contributed by atoms with Gasteiger partial charge in [0, 0.05) is 5.56 Å². The number of hydrogen-bond acceptors (Lipinski definition) is 3. The molecule has 0 atom stereocenters. The highest BCUT2D eigenvalue weighted by Crippen LogP contribution is 2.31. The number of nitrogens with one attached hydrogen (secondary N) is 2. The predicted molar refractivity (Wildman–Crippen MR) is 118 cm³/mol. The lowest BCUT2D eigenvalue weighted by Gasteiger charge is -2.10. The van der Waals surface area contributed by atoms with Crippen LogP contribution in [-0.4, -0.2) is 23.2 Å². The fourth-order valence-corrected chi connectivity index (χ4v) is 3.24. The average Bonchev–Trinajstić information content (AvgIpc) is 3.20. The van der Waals surface area contributed by atoms with Crippen LogP contribution in [0.1, 0.15) is 17.0 Å². The number of fused-ring (bicyclic) bond motifs is 1. The monoisotopic (exact) mass is 437 g/mol. The molecule has 1 aromatic heterocycles. The first-order valence-electron chi connectivity index (χ1n) is 9.63. The van der Waals surface area contributed by atoms with Crippen LogP contribution < -0.4 is 5.32 Å². The first kappa shape index (κ1) is 21.2. The summed E-state index contributed by atoms with van der Waals surface area (Å²) in [6, 6.07) is 17.9. The molecule has 2 N–H and O–H groups in total. The largest absolute Gasteiger partial charge is 0.453 e. The van der Waals surface area contributed by atoms with E-state index < -0.39 is 17.8 Å². The van der Waals surface area contributed by atoms with E-state index in [9.17, 15) is 18.0 Å². The molecule has 162 valence electrons. The van der Waals surface area contributed by atoms with Crippen LogP contribution in [0.25, 0.3) is 34.3 Å². The summed E-state index contributed by atoms with van der Waals surface area (Å²) in [7, 11) is 1.30. The van der Waals surface area contributed by atoms with Gasteiger partial charge in [0.25, 0.3) is 0 Å². The summed E-state index contributed by atoms with van der Waals surface area (Å²) in [6.07, 6.45) is -1.53. The number of alkyl halides is 3. The van der Waals surface area contributed by atoms with Crippen molar-refractivity contribution in [3.8, 4) is 11.1 Å². The van der Waals surface area contributed by atoms with E-state index in [1.807, 2.05) is 36.4 Å². The summed E-state index contributed by atoms with van der Waals surface area (Å²) < 4.78 is 42.7. The van der Waals surface area contributed by atoms with Crippen LogP contribution >= 0.6 is 0 Å². The van der Waals surface area contributed by atoms with Crippen LogP contribution in [0.3, 0.4) is 0 Å². The third-order valence-electron chi connectivity index (χ3n) is 4.83. The van der Waals surface area contributed by atoms with Gasteiger partial charge in [0.05, 0.1) is 29.4 Å². The van der Waals surface area contributed by atoms with Crippen LogP contribution in [0.2, 0.25) is 0 Å². The molecular formula is C24H18F3N3O2. The molecule has 3 aromatic carbocycles. The van der Waals surface area contributed by atoms with E-state index in [-0.39, 0.29) is 0 Å². The Bertz CT molecular complexity index is 1290. The highest BCUT2D eigenvalue weighted by atomic mass is 19.4. The number of nitrogens with zero attached hydrogens (tertiary/aromatic N) is 1. The SMILES string of the molecule is COC(=O)Nc1ccccc1-c1ccc2[nH]c(/C=C/c3ccc(C(F)(F)F)cc3)nc2c1. The van der Waals surface area contributed by atoms with Crippen molar-refractivity contribution in [1.29, 1.82) is 0 Å². The molecule has 8 heteroatoms. The number of aromatic nitrogens is 2. The quantitative estimate of drug-likeness (QED) is 0.378. The van der Waals surface area contributed by atoms with Crippen molar-refractivity contribution < 1.29 is 22.7 Å². The Morgan fingerprint density at radius 3 is 2.50 bits per heavy atom. The normalized spacial score (nSPS) is 11.8. The molecule has 0 unspecified atom stereocenters. The Morgan fingerprint density at radius 2 is 1.78 bits per heavy atom. The van der Waals surface area contributed by atoms with E-state index >= 15 is 0 Å². The maximum Gasteiger partial charge on any atom is 0.416 e. The molecule has 0 saturated heterocycles. The molecule has 0 bridgehead atoms. The number of amides is 1. The van der Waals surface area contributed by atoms with Gasteiger partial charge in [-0.1, -0.05) is 42.5 Å². The number of hydrogen-bond donors (Lipinski definition) is 2. The number of ether oxygens (including phenoxy) is 1. The minimum atomic E-state index is -4.36. The van der Waals surface area contributed by atoms with E-state index in [1.54, 1.807) is 18.2 Å². The molecule has 0 saturated carbocycles. The molecule has 0 aliphatic heterocycles. The number of anilines is 1. The zero-order valence-electron chi connectivity index (χ0n) is 16.9. The third-order valence-corrected chi connectivity index (χ3v) is 4.83. The first-order chi connectivity index (χ1) is 15.3. The number of imidazole rings is 1. The Labute approximate surface area is 181 Å². The van der Waals surface area contributed by atoms with Gasteiger partial charge in [-0.15, -0.1) is 0 Å². The standard InChI is InChI=1S/C24H18F3N3O2/c1-32-23(31)30-19-5-3-2-4-18(19)16-9-12-20-21(14-16)29-22(28-20)13-8-15-6-10-17(11-7-15)24(25,26)27/h2-14H,1H3,(H,28,29)(H,30,31)/b13-8+. The first-order valence-corrected chi connectivity index (χ1v) is 9.63. The Hall–Kier alpha value is -4.07. The topological polar surface area (TPSA) is 67.0 Å². The molecule has 0 aliphatic rings. The van der Waals surface area contributed by atoms with Crippen molar-refractivity contribution in [2.75, 3.05) is 12.4 Å². The summed E-state index contributed by atoms with van der Waals surface area (Å²) in [6.45, 7) is 0. The zero-order valence-corrected chi connectivity index (χ0v) is 16.9. The Kier molecular flexibility index (Phi) is 5.68. The van der Waals surface area contributed by atoms with Gasteiger partial charge in [0.2, 0.25) is 0 Å². The maximum absolute atomic E-state index is 12.7. The summed E-state index contributed by atoms with van der Waals surface area (Å²) in [5.74, 6) is 0.568. The smallest absolute Gasteiger partial charge is 0.416 e. The number of carbonyl (C=O) groups is 1. The van der Waals surface area contributed by atoms with Crippen LogP contribution in [0.5, 0.6) is 0 Å². The third kappa shape index (κ3) is 4.64. The fourth-order valence-electron chi connectivity index (χ4n) is 3.24. The van der Waals surface area contributed by atoms with Crippen molar-refractivity contribution in [1.82, 2.24) is 9.97 Å². The van der Waals surface area contributed by atoms with Crippen molar-refractivity contribution >= 4 is 35.0 Å². The van der Waals surface area contributed by atoms with E-state index in [0.717, 1.165) is 28.8 Å². The van der Waals surface area contributed by atoms with Crippen LogP contribution in [0.15, 0.2) is 66.7 Å². The molecule has 1 heterocycles. The zero-order chi connectivity index (χ0) is 22.7.